The van der Waals surface area contributed by atoms with Gasteiger partial charge in [-0.2, -0.15) is 0 Å². The summed E-state index contributed by atoms with van der Waals surface area (Å²) in [4.78, 5) is 13.4. The van der Waals surface area contributed by atoms with Crippen molar-refractivity contribution in [2.45, 2.75) is 31.2 Å². The van der Waals surface area contributed by atoms with Crippen molar-refractivity contribution >= 4 is 10.0 Å². The van der Waals surface area contributed by atoms with Crippen molar-refractivity contribution in [1.82, 2.24) is 9.71 Å². The lowest BCUT2D eigenvalue weighted by molar-refractivity contribution is 0.549. The monoisotopic (exact) mass is 306 g/mol. The van der Waals surface area contributed by atoms with Crippen molar-refractivity contribution in [1.29, 1.82) is 0 Å². The highest BCUT2D eigenvalue weighted by Gasteiger charge is 2.20. The maximum atomic E-state index is 12.3. The Labute approximate surface area is 124 Å². The maximum absolute atomic E-state index is 12.3. The molecule has 0 saturated carbocycles. The van der Waals surface area contributed by atoms with E-state index in [1.54, 1.807) is 0 Å². The molecule has 5 nitrogen and oxygen atoms in total. The Balaban J connectivity index is 2.26. The quantitative estimate of drug-likeness (QED) is 0.888. The highest BCUT2D eigenvalue weighted by atomic mass is 32.2. The zero-order valence-electron chi connectivity index (χ0n) is 12.0. The molecule has 2 rings (SSSR count). The van der Waals surface area contributed by atoms with Gasteiger partial charge in [0.2, 0.25) is 15.6 Å². The fraction of sp³-hybridized carbons (Fsp3) is 0.267. The number of hydrogen-bond donors (Lipinski definition) is 2. The van der Waals surface area contributed by atoms with Crippen molar-refractivity contribution < 1.29 is 8.42 Å². The highest BCUT2D eigenvalue weighted by Crippen LogP contribution is 2.20. The Morgan fingerprint density at radius 3 is 2.33 bits per heavy atom. The van der Waals surface area contributed by atoms with Crippen LogP contribution in [0.3, 0.4) is 0 Å². The number of H-pyrrole nitrogens is 1. The fourth-order valence-electron chi connectivity index (χ4n) is 2.00. The van der Waals surface area contributed by atoms with Crippen LogP contribution in [0.5, 0.6) is 0 Å². The third-order valence-corrected chi connectivity index (χ3v) is 4.72. The summed E-state index contributed by atoms with van der Waals surface area (Å²) in [7, 11) is -3.67. The van der Waals surface area contributed by atoms with Crippen molar-refractivity contribution in [2.75, 3.05) is 0 Å². The number of aromatic nitrogens is 1. The molecule has 0 spiro atoms. The summed E-state index contributed by atoms with van der Waals surface area (Å²) in [5.41, 5.74) is 1.70. The van der Waals surface area contributed by atoms with Gasteiger partial charge < -0.3 is 4.98 Å². The van der Waals surface area contributed by atoms with Gasteiger partial charge in [0, 0.05) is 18.3 Å². The van der Waals surface area contributed by atoms with E-state index in [-0.39, 0.29) is 16.5 Å². The first-order chi connectivity index (χ1) is 9.92. The molecule has 0 aliphatic heterocycles. The van der Waals surface area contributed by atoms with Gasteiger partial charge in [0.15, 0.2) is 0 Å². The number of aromatic amines is 1. The number of benzene rings is 1. The molecule has 0 radical (unpaired) electrons. The van der Waals surface area contributed by atoms with Crippen LogP contribution in [0.25, 0.3) is 0 Å². The van der Waals surface area contributed by atoms with Crippen LogP contribution in [0, 0.1) is 6.92 Å². The van der Waals surface area contributed by atoms with E-state index in [0.717, 1.165) is 11.1 Å². The van der Waals surface area contributed by atoms with E-state index < -0.39 is 10.0 Å². The predicted octanol–water partition coefficient (Wildman–Crippen LogP) is 2.11. The molecule has 1 heterocycles. The number of pyridine rings is 1. The molecular weight excluding hydrogens is 288 g/mol. The Hall–Kier alpha value is -1.92. The van der Waals surface area contributed by atoms with E-state index in [2.05, 4.69) is 9.71 Å². The number of aryl methyl sites for hydroxylation is 1. The maximum Gasteiger partial charge on any atom is 0.247 e. The molecular formula is C15H18N2O3S. The molecule has 0 aliphatic rings. The first kappa shape index (κ1) is 15.5. The van der Waals surface area contributed by atoms with Crippen LogP contribution in [0.1, 0.15) is 30.5 Å². The van der Waals surface area contributed by atoms with Gasteiger partial charge in [-0.15, -0.1) is 0 Å². The SMILES string of the molecule is CCC(NS(=O)(=O)c1ccc(=O)[nH]c1)c1ccc(C)cc1. The van der Waals surface area contributed by atoms with Crippen molar-refractivity contribution in [2.24, 2.45) is 0 Å². The zero-order valence-corrected chi connectivity index (χ0v) is 12.8. The van der Waals surface area contributed by atoms with E-state index in [4.69, 9.17) is 0 Å². The third-order valence-electron chi connectivity index (χ3n) is 3.25. The standard InChI is InChI=1S/C15H18N2O3S/c1-3-14(12-6-4-11(2)5-7-12)17-21(19,20)13-8-9-15(18)16-10-13/h4-10,14,17H,3H2,1-2H3,(H,16,18). The van der Waals surface area contributed by atoms with Gasteiger partial charge in [0.1, 0.15) is 0 Å². The molecule has 112 valence electrons. The summed E-state index contributed by atoms with van der Waals surface area (Å²) in [6.07, 6.45) is 1.83. The smallest absolute Gasteiger partial charge is 0.247 e. The minimum Gasteiger partial charge on any atom is -0.328 e. The second-order valence-electron chi connectivity index (χ2n) is 4.88. The molecule has 1 unspecified atom stereocenters. The lowest BCUT2D eigenvalue weighted by atomic mass is 10.0. The first-order valence-electron chi connectivity index (χ1n) is 6.70. The van der Waals surface area contributed by atoms with Crippen LogP contribution < -0.4 is 10.3 Å². The fourth-order valence-corrected chi connectivity index (χ4v) is 3.28. The number of nitrogens with one attached hydrogen (secondary N) is 2. The summed E-state index contributed by atoms with van der Waals surface area (Å²) in [6.45, 7) is 3.90. The average Bonchev–Trinajstić information content (AvgIpc) is 2.46. The summed E-state index contributed by atoms with van der Waals surface area (Å²) >= 11 is 0. The molecule has 0 saturated heterocycles. The van der Waals surface area contributed by atoms with Crippen LogP contribution in [0.4, 0.5) is 0 Å². The summed E-state index contributed by atoms with van der Waals surface area (Å²) in [5, 5.41) is 0. The van der Waals surface area contributed by atoms with Gasteiger partial charge in [0.25, 0.3) is 0 Å². The van der Waals surface area contributed by atoms with Crippen LogP contribution >= 0.6 is 0 Å². The molecule has 0 aliphatic carbocycles. The topological polar surface area (TPSA) is 79.0 Å². The largest absolute Gasteiger partial charge is 0.328 e. The summed E-state index contributed by atoms with van der Waals surface area (Å²) < 4.78 is 27.3. The Morgan fingerprint density at radius 2 is 1.81 bits per heavy atom. The molecule has 21 heavy (non-hydrogen) atoms. The number of hydrogen-bond acceptors (Lipinski definition) is 3. The normalized spacial score (nSPS) is 13.0. The third kappa shape index (κ3) is 3.80. The number of rotatable bonds is 5. The second-order valence-corrected chi connectivity index (χ2v) is 6.60. The van der Waals surface area contributed by atoms with Crippen LogP contribution in [-0.4, -0.2) is 13.4 Å². The highest BCUT2D eigenvalue weighted by molar-refractivity contribution is 7.89. The molecule has 0 fully saturated rings. The average molecular weight is 306 g/mol. The van der Waals surface area contributed by atoms with E-state index in [1.165, 1.54) is 18.3 Å². The lowest BCUT2D eigenvalue weighted by Crippen LogP contribution is -2.28. The molecule has 1 atom stereocenters. The minimum atomic E-state index is -3.67. The van der Waals surface area contributed by atoms with Crippen molar-refractivity contribution in [3.63, 3.8) is 0 Å². The Bertz CT molecular complexity index is 744. The van der Waals surface area contributed by atoms with E-state index >= 15 is 0 Å². The lowest BCUT2D eigenvalue weighted by Gasteiger charge is -2.17. The molecule has 1 aromatic heterocycles. The summed E-state index contributed by atoms with van der Waals surface area (Å²) in [6, 6.07) is 9.92. The van der Waals surface area contributed by atoms with Gasteiger partial charge >= 0.3 is 0 Å². The van der Waals surface area contributed by atoms with E-state index in [1.807, 2.05) is 38.1 Å². The van der Waals surface area contributed by atoms with Crippen LogP contribution in [0.2, 0.25) is 0 Å². The molecule has 0 amide bonds. The van der Waals surface area contributed by atoms with E-state index in [9.17, 15) is 13.2 Å². The van der Waals surface area contributed by atoms with Crippen LogP contribution in [-0.2, 0) is 10.0 Å². The molecule has 6 heteroatoms. The van der Waals surface area contributed by atoms with Gasteiger partial charge in [-0.3, -0.25) is 4.79 Å². The van der Waals surface area contributed by atoms with Crippen LogP contribution in [0.15, 0.2) is 52.3 Å². The first-order valence-corrected chi connectivity index (χ1v) is 8.18. The molecule has 0 bridgehead atoms. The molecule has 2 aromatic rings. The Kier molecular flexibility index (Phi) is 4.59. The zero-order chi connectivity index (χ0) is 15.5. The van der Waals surface area contributed by atoms with Gasteiger partial charge in [-0.25, -0.2) is 13.1 Å². The Morgan fingerprint density at radius 1 is 1.14 bits per heavy atom. The van der Waals surface area contributed by atoms with Gasteiger partial charge in [-0.05, 0) is 25.0 Å². The second kappa shape index (κ2) is 6.24. The molecule has 2 N–H and O–H groups in total. The predicted molar refractivity (Wildman–Crippen MR) is 81.6 cm³/mol. The van der Waals surface area contributed by atoms with E-state index in [0.29, 0.717) is 6.42 Å². The van der Waals surface area contributed by atoms with Crippen molar-refractivity contribution in [3.05, 3.63) is 64.1 Å². The summed E-state index contributed by atoms with van der Waals surface area (Å²) in [5.74, 6) is 0. The number of sulfonamides is 1. The van der Waals surface area contributed by atoms with Gasteiger partial charge in [0.05, 0.1) is 4.90 Å². The van der Waals surface area contributed by atoms with Crippen molar-refractivity contribution in [3.8, 4) is 0 Å². The molecule has 1 aromatic carbocycles. The minimum absolute atomic E-state index is 0.0488. The van der Waals surface area contributed by atoms with Gasteiger partial charge in [-0.1, -0.05) is 36.8 Å².